The van der Waals surface area contributed by atoms with Crippen molar-refractivity contribution in [1.29, 1.82) is 0 Å². The summed E-state index contributed by atoms with van der Waals surface area (Å²) in [5.41, 5.74) is 0. The molecule has 1 fully saturated rings. The molecule has 0 bridgehead atoms. The number of nitrogens with one attached hydrogen (secondary N) is 1. The predicted octanol–water partition coefficient (Wildman–Crippen LogP) is 1.87. The molecule has 0 aromatic rings. The highest BCUT2D eigenvalue weighted by Gasteiger charge is 2.14. The van der Waals surface area contributed by atoms with Crippen molar-refractivity contribution in [2.24, 2.45) is 5.92 Å². The maximum Gasteiger partial charge on any atom is 0.226 e. The first-order valence-electron chi connectivity index (χ1n) is 4.75. The maximum atomic E-state index is 11.4. The highest BCUT2D eigenvalue weighted by molar-refractivity contribution is 5.80. The average Bonchev–Trinajstić information content (AvgIpc) is 2.17. The maximum absolute atomic E-state index is 11.4. The summed E-state index contributed by atoms with van der Waals surface area (Å²) in [6.45, 7) is 4.51. The lowest BCUT2D eigenvalue weighted by Gasteiger charge is -2.09. The molecule has 68 valence electrons. The summed E-state index contributed by atoms with van der Waals surface area (Å²) in [7, 11) is 0. The molecular weight excluding hydrogens is 150 g/mol. The van der Waals surface area contributed by atoms with E-state index in [2.05, 4.69) is 11.9 Å². The van der Waals surface area contributed by atoms with Gasteiger partial charge in [0.15, 0.2) is 0 Å². The van der Waals surface area contributed by atoms with E-state index >= 15 is 0 Å². The molecule has 0 spiro atoms. The summed E-state index contributed by atoms with van der Waals surface area (Å²) in [5, 5.41) is 2.92. The molecule has 1 saturated heterocycles. The Labute approximate surface area is 74.0 Å². The molecule has 0 aromatic heterocycles. The van der Waals surface area contributed by atoms with Gasteiger partial charge in [-0.3, -0.25) is 4.79 Å². The Bertz CT molecular complexity index is 165. The van der Waals surface area contributed by atoms with Crippen LogP contribution in [0.15, 0.2) is 12.7 Å². The van der Waals surface area contributed by atoms with Gasteiger partial charge < -0.3 is 5.32 Å². The van der Waals surface area contributed by atoms with Gasteiger partial charge in [-0.15, -0.1) is 6.58 Å². The lowest BCUT2D eigenvalue weighted by molar-refractivity contribution is -0.123. The van der Waals surface area contributed by atoms with Gasteiger partial charge in [-0.25, -0.2) is 0 Å². The number of amides is 1. The Hall–Kier alpha value is -0.790. The van der Waals surface area contributed by atoms with Crippen molar-refractivity contribution in [3.63, 3.8) is 0 Å². The fourth-order valence-corrected chi connectivity index (χ4v) is 1.54. The summed E-state index contributed by atoms with van der Waals surface area (Å²) >= 11 is 0. The van der Waals surface area contributed by atoms with E-state index in [0.29, 0.717) is 0 Å². The highest BCUT2D eigenvalue weighted by atomic mass is 16.1. The standard InChI is InChI=1S/C10H17NO/c1-2-9-7-5-3-4-6-8-11-10(9)12/h2,9H,1,3-8H2,(H,11,12). The Morgan fingerprint density at radius 1 is 1.33 bits per heavy atom. The Morgan fingerprint density at radius 3 is 2.83 bits per heavy atom. The van der Waals surface area contributed by atoms with Gasteiger partial charge in [0.25, 0.3) is 0 Å². The molecule has 1 N–H and O–H groups in total. The van der Waals surface area contributed by atoms with Crippen molar-refractivity contribution in [2.75, 3.05) is 6.54 Å². The molecule has 0 aromatic carbocycles. The third-order valence-electron chi connectivity index (χ3n) is 2.36. The summed E-state index contributed by atoms with van der Waals surface area (Å²) in [6, 6.07) is 0. The summed E-state index contributed by atoms with van der Waals surface area (Å²) in [5.74, 6) is 0.204. The molecule has 2 heteroatoms. The first-order valence-corrected chi connectivity index (χ1v) is 4.75. The third-order valence-corrected chi connectivity index (χ3v) is 2.36. The van der Waals surface area contributed by atoms with Gasteiger partial charge in [0.2, 0.25) is 5.91 Å². The smallest absolute Gasteiger partial charge is 0.226 e. The third kappa shape index (κ3) is 2.68. The molecule has 1 unspecified atom stereocenters. The Kier molecular flexibility index (Phi) is 3.85. The van der Waals surface area contributed by atoms with E-state index in [1.54, 1.807) is 6.08 Å². The molecule has 1 amide bonds. The summed E-state index contributed by atoms with van der Waals surface area (Å²) in [4.78, 5) is 11.4. The predicted molar refractivity (Wildman–Crippen MR) is 49.8 cm³/mol. The van der Waals surface area contributed by atoms with E-state index in [0.717, 1.165) is 25.8 Å². The number of carbonyl (C=O) groups is 1. The monoisotopic (exact) mass is 167 g/mol. The van der Waals surface area contributed by atoms with E-state index in [1.807, 2.05) is 0 Å². The molecule has 0 radical (unpaired) electrons. The molecule has 1 aliphatic heterocycles. The van der Waals surface area contributed by atoms with Crippen molar-refractivity contribution < 1.29 is 4.79 Å². The van der Waals surface area contributed by atoms with Gasteiger partial charge in [0, 0.05) is 6.54 Å². The number of carbonyl (C=O) groups excluding carboxylic acids is 1. The van der Waals surface area contributed by atoms with Crippen LogP contribution in [-0.2, 0) is 4.79 Å². The minimum atomic E-state index is 0.0445. The Balaban J connectivity index is 2.46. The summed E-state index contributed by atoms with van der Waals surface area (Å²) in [6.07, 6.45) is 7.50. The minimum absolute atomic E-state index is 0.0445. The van der Waals surface area contributed by atoms with Gasteiger partial charge in [0.1, 0.15) is 0 Å². The van der Waals surface area contributed by atoms with Gasteiger partial charge in [-0.05, 0) is 12.8 Å². The second-order valence-corrected chi connectivity index (χ2v) is 3.34. The van der Waals surface area contributed by atoms with Crippen molar-refractivity contribution in [2.45, 2.75) is 32.1 Å². The fraction of sp³-hybridized carbons (Fsp3) is 0.700. The van der Waals surface area contributed by atoms with Crippen LogP contribution in [0.4, 0.5) is 0 Å². The van der Waals surface area contributed by atoms with Crippen molar-refractivity contribution in [3.8, 4) is 0 Å². The molecule has 1 atom stereocenters. The molecule has 2 nitrogen and oxygen atoms in total. The quantitative estimate of drug-likeness (QED) is 0.593. The zero-order valence-electron chi connectivity index (χ0n) is 7.51. The second kappa shape index (κ2) is 4.96. The van der Waals surface area contributed by atoms with E-state index in [-0.39, 0.29) is 11.8 Å². The first kappa shape index (κ1) is 9.30. The van der Waals surface area contributed by atoms with Crippen LogP contribution in [0.25, 0.3) is 0 Å². The topological polar surface area (TPSA) is 29.1 Å². The molecular formula is C10H17NO. The van der Waals surface area contributed by atoms with Crippen LogP contribution in [0.2, 0.25) is 0 Å². The van der Waals surface area contributed by atoms with Gasteiger partial charge in [-0.1, -0.05) is 25.3 Å². The van der Waals surface area contributed by atoms with Crippen molar-refractivity contribution in [3.05, 3.63) is 12.7 Å². The first-order chi connectivity index (χ1) is 5.84. The molecule has 0 aliphatic carbocycles. The van der Waals surface area contributed by atoms with E-state index in [4.69, 9.17) is 0 Å². The number of rotatable bonds is 1. The molecule has 1 heterocycles. The van der Waals surface area contributed by atoms with Crippen LogP contribution in [-0.4, -0.2) is 12.5 Å². The largest absolute Gasteiger partial charge is 0.356 e. The minimum Gasteiger partial charge on any atom is -0.356 e. The fourth-order valence-electron chi connectivity index (χ4n) is 1.54. The molecule has 12 heavy (non-hydrogen) atoms. The summed E-state index contributed by atoms with van der Waals surface area (Å²) < 4.78 is 0. The zero-order chi connectivity index (χ0) is 8.81. The van der Waals surface area contributed by atoms with E-state index < -0.39 is 0 Å². The van der Waals surface area contributed by atoms with Gasteiger partial charge in [-0.2, -0.15) is 0 Å². The van der Waals surface area contributed by atoms with Crippen LogP contribution in [0, 0.1) is 5.92 Å². The molecule has 0 saturated carbocycles. The Morgan fingerprint density at radius 2 is 2.08 bits per heavy atom. The van der Waals surface area contributed by atoms with Crippen molar-refractivity contribution >= 4 is 5.91 Å². The van der Waals surface area contributed by atoms with E-state index in [9.17, 15) is 4.79 Å². The molecule has 1 aliphatic rings. The van der Waals surface area contributed by atoms with Crippen LogP contribution >= 0.6 is 0 Å². The highest BCUT2D eigenvalue weighted by Crippen LogP contribution is 2.13. The van der Waals surface area contributed by atoms with Crippen LogP contribution in [0.5, 0.6) is 0 Å². The van der Waals surface area contributed by atoms with Gasteiger partial charge >= 0.3 is 0 Å². The van der Waals surface area contributed by atoms with Crippen LogP contribution < -0.4 is 5.32 Å². The lowest BCUT2D eigenvalue weighted by atomic mass is 10.0. The van der Waals surface area contributed by atoms with E-state index in [1.165, 1.54) is 12.8 Å². The SMILES string of the molecule is C=CC1CCCCCCNC1=O. The zero-order valence-corrected chi connectivity index (χ0v) is 7.51. The molecule has 1 rings (SSSR count). The normalized spacial score (nSPS) is 26.3. The number of hydrogen-bond acceptors (Lipinski definition) is 1. The van der Waals surface area contributed by atoms with Crippen LogP contribution in [0.1, 0.15) is 32.1 Å². The second-order valence-electron chi connectivity index (χ2n) is 3.34. The van der Waals surface area contributed by atoms with Crippen molar-refractivity contribution in [1.82, 2.24) is 5.32 Å². The average molecular weight is 167 g/mol. The lowest BCUT2D eigenvalue weighted by Crippen LogP contribution is -2.29. The van der Waals surface area contributed by atoms with Crippen LogP contribution in [0.3, 0.4) is 0 Å². The number of hydrogen-bond donors (Lipinski definition) is 1. The van der Waals surface area contributed by atoms with Gasteiger partial charge in [0.05, 0.1) is 5.92 Å².